The number of halogens is 3. The van der Waals surface area contributed by atoms with Crippen LogP contribution < -0.4 is 10.7 Å². The average Bonchev–Trinajstić information content (AvgIpc) is 3.30. The molecule has 0 radical (unpaired) electrons. The van der Waals surface area contributed by atoms with Crippen LogP contribution in [0.4, 0.5) is 19.1 Å². The first-order chi connectivity index (χ1) is 19.1. The molecule has 9 nitrogen and oxygen atoms in total. The molecule has 1 N–H and O–H groups in total. The maximum Gasteiger partial charge on any atom is 0.303 e. The molecule has 12 heteroatoms. The van der Waals surface area contributed by atoms with Crippen LogP contribution >= 0.6 is 0 Å². The Balaban J connectivity index is 1.55. The highest BCUT2D eigenvalue weighted by molar-refractivity contribution is 5.85. The van der Waals surface area contributed by atoms with Crippen LogP contribution in [-0.4, -0.2) is 70.0 Å². The second kappa shape index (κ2) is 11.5. The molecular weight excluding hydrogens is 527 g/mol. The van der Waals surface area contributed by atoms with Crippen molar-refractivity contribution in [1.29, 1.82) is 0 Å². The molecule has 0 saturated carbocycles. The zero-order chi connectivity index (χ0) is 28.6. The number of hydrogen-bond donors (Lipinski definition) is 1. The highest BCUT2D eigenvalue weighted by atomic mass is 19.1. The van der Waals surface area contributed by atoms with Gasteiger partial charge in [-0.2, -0.15) is 0 Å². The normalized spacial score (nSPS) is 21.7. The molecule has 3 aromatic rings. The number of ether oxygens (including phenoxy) is 2. The van der Waals surface area contributed by atoms with E-state index in [1.165, 1.54) is 19.1 Å². The van der Waals surface area contributed by atoms with Crippen molar-refractivity contribution < 1.29 is 27.4 Å². The van der Waals surface area contributed by atoms with E-state index in [0.29, 0.717) is 43.7 Å². The zero-order valence-corrected chi connectivity index (χ0v) is 22.6. The number of likely N-dealkylation sites (tertiary alicyclic amines) is 1. The molecule has 5 rings (SSSR count). The Morgan fingerprint density at radius 3 is 2.73 bits per heavy atom. The van der Waals surface area contributed by atoms with Crippen molar-refractivity contribution in [2.45, 2.75) is 64.5 Å². The molecule has 2 aliphatic rings. The van der Waals surface area contributed by atoms with Gasteiger partial charge >= 0.3 is 5.97 Å². The molecule has 4 heterocycles. The van der Waals surface area contributed by atoms with Crippen LogP contribution in [0.15, 0.2) is 29.2 Å². The summed E-state index contributed by atoms with van der Waals surface area (Å²) in [6.07, 6.45) is 0.369. The van der Waals surface area contributed by atoms with Gasteiger partial charge in [-0.3, -0.25) is 14.5 Å². The van der Waals surface area contributed by atoms with Crippen LogP contribution in [0.25, 0.3) is 22.2 Å². The predicted octanol–water partition coefficient (Wildman–Crippen LogP) is 3.99. The Morgan fingerprint density at radius 1 is 1.23 bits per heavy atom. The fraction of sp³-hybridized carbons (Fsp3) is 0.500. The molecule has 0 amide bonds. The quantitative estimate of drug-likeness (QED) is 0.434. The van der Waals surface area contributed by atoms with Gasteiger partial charge in [-0.25, -0.2) is 23.1 Å². The van der Waals surface area contributed by atoms with Crippen molar-refractivity contribution >= 4 is 22.8 Å². The molecule has 40 heavy (non-hydrogen) atoms. The van der Waals surface area contributed by atoms with Crippen LogP contribution in [-0.2, 0) is 20.8 Å². The number of aromatic nitrogens is 3. The summed E-state index contributed by atoms with van der Waals surface area (Å²) in [7, 11) is 0. The molecule has 0 spiro atoms. The lowest BCUT2D eigenvalue weighted by Crippen LogP contribution is -2.44. The van der Waals surface area contributed by atoms with Crippen molar-refractivity contribution in [3.8, 4) is 11.3 Å². The molecule has 2 aliphatic heterocycles. The number of anilines is 1. The Morgan fingerprint density at radius 2 is 2.02 bits per heavy atom. The molecule has 2 saturated heterocycles. The van der Waals surface area contributed by atoms with E-state index in [-0.39, 0.29) is 53.3 Å². The summed E-state index contributed by atoms with van der Waals surface area (Å²) < 4.78 is 56.9. The predicted molar refractivity (Wildman–Crippen MR) is 143 cm³/mol. The summed E-state index contributed by atoms with van der Waals surface area (Å²) in [5.41, 5.74) is 0.318. The number of carbonyl (C=O) groups excluding carboxylic acids is 1. The summed E-state index contributed by atoms with van der Waals surface area (Å²) in [4.78, 5) is 34.8. The van der Waals surface area contributed by atoms with E-state index in [4.69, 9.17) is 9.47 Å². The Kier molecular flexibility index (Phi) is 8.09. The largest absolute Gasteiger partial charge is 0.458 e. The third-order valence-corrected chi connectivity index (χ3v) is 7.27. The molecule has 0 unspecified atom stereocenters. The Labute approximate surface area is 229 Å². The smallest absolute Gasteiger partial charge is 0.303 e. The average molecular weight is 560 g/mol. The summed E-state index contributed by atoms with van der Waals surface area (Å²) in [5.74, 6) is -2.08. The molecular formula is C28H32F3N5O4. The fourth-order valence-electron chi connectivity index (χ4n) is 5.48. The van der Waals surface area contributed by atoms with Gasteiger partial charge in [0.1, 0.15) is 23.8 Å². The number of fused-ring (bicyclic) bond motifs is 1. The van der Waals surface area contributed by atoms with Crippen molar-refractivity contribution in [1.82, 2.24) is 19.4 Å². The second-order valence-corrected chi connectivity index (χ2v) is 10.6. The van der Waals surface area contributed by atoms with E-state index < -0.39 is 29.9 Å². The number of carbonyl (C=O) groups is 1. The van der Waals surface area contributed by atoms with Crippen LogP contribution in [0.3, 0.4) is 0 Å². The SMILES string of the molecule is CC(=O)O[C@@H]1COCC[C@H]1Nc1ncc(F)c(-c2cc3c(cc2F)c(=O)cc(CN2CC[C@@H](F)C2)n3C(C)C)n1. The van der Waals surface area contributed by atoms with Crippen molar-refractivity contribution in [2.24, 2.45) is 0 Å². The lowest BCUT2D eigenvalue weighted by molar-refractivity contribution is -0.153. The van der Waals surface area contributed by atoms with E-state index in [0.717, 1.165) is 12.3 Å². The fourth-order valence-corrected chi connectivity index (χ4v) is 5.48. The molecule has 2 fully saturated rings. The Hall–Kier alpha value is -3.51. The maximum atomic E-state index is 15.4. The number of rotatable bonds is 7. The van der Waals surface area contributed by atoms with E-state index >= 15 is 8.78 Å². The van der Waals surface area contributed by atoms with Crippen molar-refractivity contribution in [3.63, 3.8) is 0 Å². The first kappa shape index (κ1) is 28.0. The molecule has 1 aromatic carbocycles. The van der Waals surface area contributed by atoms with Gasteiger partial charge in [-0.1, -0.05) is 0 Å². The van der Waals surface area contributed by atoms with Crippen LogP contribution in [0, 0.1) is 11.6 Å². The van der Waals surface area contributed by atoms with E-state index in [2.05, 4.69) is 15.3 Å². The number of nitrogens with one attached hydrogen (secondary N) is 1. The summed E-state index contributed by atoms with van der Waals surface area (Å²) in [5, 5.41) is 3.22. The van der Waals surface area contributed by atoms with Gasteiger partial charge in [0.15, 0.2) is 11.2 Å². The molecule has 3 atom stereocenters. The van der Waals surface area contributed by atoms with E-state index in [1.807, 2.05) is 23.3 Å². The third-order valence-electron chi connectivity index (χ3n) is 7.27. The lowest BCUT2D eigenvalue weighted by atomic mass is 10.0. The highest BCUT2D eigenvalue weighted by Crippen LogP contribution is 2.31. The third kappa shape index (κ3) is 5.83. The zero-order valence-electron chi connectivity index (χ0n) is 22.6. The molecule has 0 bridgehead atoms. The molecule has 214 valence electrons. The van der Waals surface area contributed by atoms with Gasteiger partial charge < -0.3 is 19.4 Å². The number of nitrogens with zero attached hydrogens (tertiary/aromatic N) is 4. The van der Waals surface area contributed by atoms with Gasteiger partial charge in [0.05, 0.1) is 24.4 Å². The van der Waals surface area contributed by atoms with Gasteiger partial charge in [-0.15, -0.1) is 0 Å². The first-order valence-corrected chi connectivity index (χ1v) is 13.4. The van der Waals surface area contributed by atoms with Gasteiger partial charge in [-0.05, 0) is 38.8 Å². The number of pyridine rings is 1. The number of hydrogen-bond acceptors (Lipinski definition) is 8. The number of benzene rings is 1. The minimum Gasteiger partial charge on any atom is -0.458 e. The summed E-state index contributed by atoms with van der Waals surface area (Å²) >= 11 is 0. The minimum atomic E-state index is -0.908. The first-order valence-electron chi connectivity index (χ1n) is 13.4. The van der Waals surface area contributed by atoms with E-state index in [1.54, 1.807) is 0 Å². The minimum absolute atomic E-state index is 0.0322. The van der Waals surface area contributed by atoms with Crippen LogP contribution in [0.5, 0.6) is 0 Å². The number of esters is 1. The van der Waals surface area contributed by atoms with Crippen LogP contribution in [0.1, 0.15) is 45.3 Å². The second-order valence-electron chi connectivity index (χ2n) is 10.6. The van der Waals surface area contributed by atoms with Gasteiger partial charge in [0.2, 0.25) is 5.95 Å². The van der Waals surface area contributed by atoms with Gasteiger partial charge in [0, 0.05) is 61.9 Å². The monoisotopic (exact) mass is 559 g/mol. The van der Waals surface area contributed by atoms with Crippen LogP contribution in [0.2, 0.25) is 0 Å². The van der Waals surface area contributed by atoms with Crippen molar-refractivity contribution in [2.75, 3.05) is 31.6 Å². The number of alkyl halides is 1. The topological polar surface area (TPSA) is 98.6 Å². The maximum absolute atomic E-state index is 15.4. The highest BCUT2D eigenvalue weighted by Gasteiger charge is 2.30. The summed E-state index contributed by atoms with van der Waals surface area (Å²) in [6.45, 7) is 6.98. The van der Waals surface area contributed by atoms with Gasteiger partial charge in [0.25, 0.3) is 0 Å². The summed E-state index contributed by atoms with van der Waals surface area (Å²) in [6, 6.07) is 3.49. The standard InChI is InChI=1S/C28H32F3N5O4/c1-15(2)36-18(13-35-6-4-17(29)12-35)8-25(38)20-9-21(30)19(10-24(20)36)27-22(31)11-32-28(34-27)33-23-5-7-39-14-26(23)40-16(3)37/h8-11,15,17,23,26H,4-7,12-14H2,1-3H3,(H,32,33,34)/t17-,23-,26-/m1/s1. The van der Waals surface area contributed by atoms with Crippen molar-refractivity contribution in [3.05, 3.63) is 51.9 Å². The van der Waals surface area contributed by atoms with E-state index in [9.17, 15) is 14.0 Å². The lowest BCUT2D eigenvalue weighted by Gasteiger charge is -2.31. The molecule has 0 aliphatic carbocycles. The Bertz CT molecular complexity index is 1480. The molecule has 2 aromatic heterocycles.